The molecule has 7 heteroatoms. The maximum atomic E-state index is 12.6. The molecule has 0 spiro atoms. The third-order valence-electron chi connectivity index (χ3n) is 3.50. The molecule has 1 saturated carbocycles. The highest BCUT2D eigenvalue weighted by Gasteiger charge is 2.53. The number of hydrogen-bond donors (Lipinski definition) is 1. The van der Waals surface area contributed by atoms with Gasteiger partial charge in [-0.2, -0.15) is 0 Å². The van der Waals surface area contributed by atoms with E-state index in [0.29, 0.717) is 12.8 Å². The smallest absolute Gasteiger partial charge is 0.325 e. The molecule has 1 aliphatic carbocycles. The molecular weight excluding hydrogens is 311 g/mol. The number of carboxylic acid groups (broad SMARTS) is 1. The van der Waals surface area contributed by atoms with Gasteiger partial charge in [0.05, 0.1) is 9.92 Å². The summed E-state index contributed by atoms with van der Waals surface area (Å²) in [4.78, 5) is 11.3. The van der Waals surface area contributed by atoms with Crippen LogP contribution in [0.4, 0.5) is 0 Å². The van der Waals surface area contributed by atoms with Gasteiger partial charge >= 0.3 is 5.97 Å². The van der Waals surface area contributed by atoms with Crippen LogP contribution in [0.5, 0.6) is 0 Å². The molecule has 0 saturated heterocycles. The van der Waals surface area contributed by atoms with Gasteiger partial charge in [0.1, 0.15) is 0 Å². The van der Waals surface area contributed by atoms with E-state index in [1.807, 2.05) is 0 Å². The largest absolute Gasteiger partial charge is 0.480 e. The zero-order valence-electron chi connectivity index (χ0n) is 9.90. The van der Waals surface area contributed by atoms with Crippen molar-refractivity contribution in [3.8, 4) is 0 Å². The lowest BCUT2D eigenvalue weighted by molar-refractivity contribution is -0.139. The van der Waals surface area contributed by atoms with Crippen LogP contribution in [0.2, 0.25) is 10.0 Å². The second-order valence-electron chi connectivity index (χ2n) is 4.58. The molecule has 0 aromatic heterocycles. The van der Waals surface area contributed by atoms with Crippen LogP contribution in [0.25, 0.3) is 0 Å². The molecule has 0 radical (unpaired) electrons. The van der Waals surface area contributed by atoms with Gasteiger partial charge < -0.3 is 5.11 Å². The highest BCUT2D eigenvalue weighted by molar-refractivity contribution is 7.93. The van der Waals surface area contributed by atoms with E-state index >= 15 is 0 Å². The fourth-order valence-corrected chi connectivity index (χ4v) is 5.18. The van der Waals surface area contributed by atoms with Crippen molar-refractivity contribution in [3.05, 3.63) is 28.2 Å². The summed E-state index contributed by atoms with van der Waals surface area (Å²) in [5.41, 5.74) is 0. The van der Waals surface area contributed by atoms with Crippen LogP contribution in [0.1, 0.15) is 25.7 Å². The molecule has 1 N–H and O–H groups in total. The number of hydrogen-bond acceptors (Lipinski definition) is 3. The van der Waals surface area contributed by atoms with Crippen LogP contribution in [0, 0.1) is 0 Å². The summed E-state index contributed by atoms with van der Waals surface area (Å²) >= 11 is 11.7. The van der Waals surface area contributed by atoms with Gasteiger partial charge in [-0.3, -0.25) is 4.79 Å². The highest BCUT2D eigenvalue weighted by atomic mass is 35.5. The van der Waals surface area contributed by atoms with Gasteiger partial charge in [0.2, 0.25) is 0 Å². The lowest BCUT2D eigenvalue weighted by Crippen LogP contribution is -2.44. The summed E-state index contributed by atoms with van der Waals surface area (Å²) in [5, 5.41) is 9.57. The fourth-order valence-electron chi connectivity index (χ4n) is 2.44. The molecule has 104 valence electrons. The van der Waals surface area contributed by atoms with Crippen molar-refractivity contribution in [1.82, 2.24) is 0 Å². The Hall–Kier alpha value is -0.780. The van der Waals surface area contributed by atoms with E-state index in [0.717, 1.165) is 0 Å². The van der Waals surface area contributed by atoms with Crippen molar-refractivity contribution in [2.24, 2.45) is 0 Å². The van der Waals surface area contributed by atoms with E-state index < -0.39 is 20.6 Å². The van der Waals surface area contributed by atoms with Crippen LogP contribution in [-0.2, 0) is 14.6 Å². The molecule has 4 nitrogen and oxygen atoms in total. The summed E-state index contributed by atoms with van der Waals surface area (Å²) in [6.45, 7) is 0. The zero-order valence-corrected chi connectivity index (χ0v) is 12.2. The molecular formula is C12H12Cl2O4S. The van der Waals surface area contributed by atoms with E-state index in [-0.39, 0.29) is 27.8 Å². The fraction of sp³-hybridized carbons (Fsp3) is 0.417. The third-order valence-corrected chi connectivity index (χ3v) is 6.70. The first-order chi connectivity index (χ1) is 8.81. The normalized spacial score (nSPS) is 18.4. The number of carboxylic acids is 1. The molecule has 0 aliphatic heterocycles. The van der Waals surface area contributed by atoms with Crippen LogP contribution >= 0.6 is 23.2 Å². The third kappa shape index (κ3) is 2.24. The Bertz CT molecular complexity index is 619. The van der Waals surface area contributed by atoms with E-state index in [9.17, 15) is 18.3 Å². The first-order valence-corrected chi connectivity index (χ1v) is 7.98. The molecule has 0 amide bonds. The number of rotatable bonds is 3. The first kappa shape index (κ1) is 14.6. The molecule has 19 heavy (non-hydrogen) atoms. The molecule has 1 aromatic rings. The lowest BCUT2D eigenvalue weighted by Gasteiger charge is -2.24. The van der Waals surface area contributed by atoms with Gasteiger partial charge in [-0.25, -0.2) is 8.42 Å². The maximum absolute atomic E-state index is 12.6. The number of aliphatic carboxylic acids is 1. The Balaban J connectivity index is 2.64. The van der Waals surface area contributed by atoms with Crippen molar-refractivity contribution >= 4 is 39.0 Å². The highest BCUT2D eigenvalue weighted by Crippen LogP contribution is 2.42. The predicted octanol–water partition coefficient (Wildman–Crippen LogP) is 3.16. The molecule has 2 rings (SSSR count). The Labute approximate surface area is 121 Å². The van der Waals surface area contributed by atoms with E-state index in [4.69, 9.17) is 23.2 Å². The molecule has 0 bridgehead atoms. The monoisotopic (exact) mass is 322 g/mol. The predicted molar refractivity (Wildman–Crippen MR) is 72.5 cm³/mol. The quantitative estimate of drug-likeness (QED) is 0.927. The van der Waals surface area contributed by atoms with Crippen LogP contribution in [0.15, 0.2) is 23.1 Å². The van der Waals surface area contributed by atoms with Crippen molar-refractivity contribution in [2.75, 3.05) is 0 Å². The van der Waals surface area contributed by atoms with E-state index in [1.165, 1.54) is 18.2 Å². The average Bonchev–Trinajstić information content (AvgIpc) is 2.83. The number of benzene rings is 1. The van der Waals surface area contributed by atoms with Gasteiger partial charge in [0, 0.05) is 5.02 Å². The number of halogens is 2. The maximum Gasteiger partial charge on any atom is 0.325 e. The number of sulfone groups is 1. The van der Waals surface area contributed by atoms with Gasteiger partial charge in [0.25, 0.3) is 0 Å². The van der Waals surface area contributed by atoms with Crippen LogP contribution in [-0.4, -0.2) is 24.2 Å². The zero-order chi connectivity index (χ0) is 14.3. The lowest BCUT2D eigenvalue weighted by atomic mass is 10.1. The molecule has 1 aliphatic rings. The second-order valence-corrected chi connectivity index (χ2v) is 7.66. The topological polar surface area (TPSA) is 71.4 Å². The SMILES string of the molecule is O=C(O)C1(S(=O)(=O)c2cc(Cl)ccc2Cl)CCCC1. The molecule has 1 aromatic carbocycles. The van der Waals surface area contributed by atoms with Crippen molar-refractivity contribution in [1.29, 1.82) is 0 Å². The Morgan fingerprint density at radius 2 is 1.79 bits per heavy atom. The standard InChI is InChI=1S/C12H12Cl2O4S/c13-8-3-4-9(14)10(7-8)19(17,18)12(11(15)16)5-1-2-6-12/h3-4,7H,1-2,5-6H2,(H,15,16). The van der Waals surface area contributed by atoms with Gasteiger partial charge in [-0.05, 0) is 31.0 Å². The molecule has 0 heterocycles. The van der Waals surface area contributed by atoms with Crippen LogP contribution in [0.3, 0.4) is 0 Å². The van der Waals surface area contributed by atoms with Crippen molar-refractivity contribution in [3.63, 3.8) is 0 Å². The van der Waals surface area contributed by atoms with Crippen molar-refractivity contribution < 1.29 is 18.3 Å². The second kappa shape index (κ2) is 4.96. The Morgan fingerprint density at radius 3 is 2.32 bits per heavy atom. The van der Waals surface area contributed by atoms with Gasteiger partial charge in [0.15, 0.2) is 14.6 Å². The average molecular weight is 323 g/mol. The van der Waals surface area contributed by atoms with E-state index in [2.05, 4.69) is 0 Å². The summed E-state index contributed by atoms with van der Waals surface area (Å²) in [6.07, 6.45) is 1.36. The van der Waals surface area contributed by atoms with Crippen molar-refractivity contribution in [2.45, 2.75) is 35.3 Å². The van der Waals surface area contributed by atoms with Crippen LogP contribution < -0.4 is 0 Å². The summed E-state index contributed by atoms with van der Waals surface area (Å²) < 4.78 is 23.5. The molecule has 0 unspecified atom stereocenters. The summed E-state index contributed by atoms with van der Waals surface area (Å²) in [7, 11) is -4.07. The van der Waals surface area contributed by atoms with E-state index in [1.54, 1.807) is 0 Å². The minimum absolute atomic E-state index is 0.00285. The van der Waals surface area contributed by atoms with Gasteiger partial charge in [-0.1, -0.05) is 36.0 Å². The minimum atomic E-state index is -4.07. The molecule has 0 atom stereocenters. The molecule has 1 fully saturated rings. The number of carbonyl (C=O) groups is 1. The summed E-state index contributed by atoms with van der Waals surface area (Å²) in [6, 6.07) is 4.04. The first-order valence-electron chi connectivity index (χ1n) is 5.74. The Morgan fingerprint density at radius 1 is 1.21 bits per heavy atom. The summed E-state index contributed by atoms with van der Waals surface area (Å²) in [5.74, 6) is -1.32. The van der Waals surface area contributed by atoms with Gasteiger partial charge in [-0.15, -0.1) is 0 Å². The minimum Gasteiger partial charge on any atom is -0.480 e. The Kier molecular flexibility index (Phi) is 3.82.